The summed E-state index contributed by atoms with van der Waals surface area (Å²) in [5.41, 5.74) is 3.98. The van der Waals surface area contributed by atoms with Crippen LogP contribution >= 0.6 is 11.6 Å². The van der Waals surface area contributed by atoms with E-state index in [1.807, 2.05) is 48.5 Å². The molecule has 0 bridgehead atoms. The van der Waals surface area contributed by atoms with Crippen molar-refractivity contribution in [2.75, 3.05) is 25.5 Å². The summed E-state index contributed by atoms with van der Waals surface area (Å²) >= 11 is 6.50. The Balaban J connectivity index is 1.66. The highest BCUT2D eigenvalue weighted by atomic mass is 35.5. The van der Waals surface area contributed by atoms with E-state index in [9.17, 15) is 9.18 Å². The van der Waals surface area contributed by atoms with E-state index >= 15 is 0 Å². The lowest BCUT2D eigenvalue weighted by molar-refractivity contribution is -0.110. The second-order valence-electron chi connectivity index (χ2n) is 8.81. The minimum Gasteiger partial charge on any atom is -0.497 e. The molecule has 1 saturated heterocycles. The van der Waals surface area contributed by atoms with Crippen molar-refractivity contribution in [3.05, 3.63) is 99.8 Å². The Bertz CT molecular complexity index is 1250. The Morgan fingerprint density at radius 1 is 1.15 bits per heavy atom. The zero-order valence-electron chi connectivity index (χ0n) is 18.9. The van der Waals surface area contributed by atoms with Crippen LogP contribution in [0.3, 0.4) is 0 Å². The van der Waals surface area contributed by atoms with E-state index in [1.165, 1.54) is 12.1 Å². The summed E-state index contributed by atoms with van der Waals surface area (Å²) in [6.45, 7) is 1.94. The van der Waals surface area contributed by atoms with Gasteiger partial charge in [0.2, 0.25) is 0 Å². The first-order valence-corrected chi connectivity index (χ1v) is 11.8. The Kier molecular flexibility index (Phi) is 6.15. The maximum absolute atomic E-state index is 13.9. The minimum absolute atomic E-state index is 0.274. The summed E-state index contributed by atoms with van der Waals surface area (Å²) in [7, 11) is 1.61. The first kappa shape index (κ1) is 22.6. The van der Waals surface area contributed by atoms with Crippen LogP contribution in [0.15, 0.2) is 66.7 Å². The van der Waals surface area contributed by atoms with Gasteiger partial charge in [-0.1, -0.05) is 41.9 Å². The van der Waals surface area contributed by atoms with Crippen LogP contribution < -0.4 is 15.4 Å². The highest BCUT2D eigenvalue weighted by Crippen LogP contribution is 2.49. The smallest absolute Gasteiger partial charge is 0.139 e. The zero-order chi connectivity index (χ0) is 23.7. The molecule has 3 aromatic rings. The third kappa shape index (κ3) is 3.89. The molecule has 4 nitrogen and oxygen atoms in total. The Labute approximate surface area is 203 Å². The number of halogens is 2. The number of nitrogens with one attached hydrogen (secondary N) is 2. The van der Waals surface area contributed by atoms with Gasteiger partial charge in [0.25, 0.3) is 0 Å². The van der Waals surface area contributed by atoms with E-state index in [0.717, 1.165) is 53.7 Å². The number of benzene rings is 3. The lowest BCUT2D eigenvalue weighted by Crippen LogP contribution is -2.35. The molecule has 0 radical (unpaired) electrons. The molecule has 3 aromatic carbocycles. The summed E-state index contributed by atoms with van der Waals surface area (Å²) in [6, 6.07) is 18.5. The summed E-state index contributed by atoms with van der Waals surface area (Å²) in [5, 5.41) is 7.18. The standard InChI is InChI=1S/C28H26ClFN2O2/c1-34-23-9-2-18-3-11-25(24-10-6-20(30)14-27(24)29)28(17-33,26(18)15-23)19-4-7-21(8-5-19)32-22-12-13-31-16-22/h2,4-11,14-15,17,22,31-32H,3,12-13,16H2,1H3/t22-,28?/m0/s1. The second-order valence-corrected chi connectivity index (χ2v) is 9.21. The largest absolute Gasteiger partial charge is 0.497 e. The van der Waals surface area contributed by atoms with Crippen molar-refractivity contribution < 1.29 is 13.9 Å². The second kappa shape index (κ2) is 9.24. The molecular weight excluding hydrogens is 451 g/mol. The van der Waals surface area contributed by atoms with Crippen molar-refractivity contribution >= 4 is 29.1 Å². The molecule has 1 unspecified atom stereocenters. The SMILES string of the molecule is COc1ccc2c(c1)C(C=O)(c1ccc(N[C@H]3CCNC3)cc1)C(c1ccc(F)cc1Cl)=CC2. The predicted molar refractivity (Wildman–Crippen MR) is 134 cm³/mol. The first-order valence-electron chi connectivity index (χ1n) is 11.4. The lowest BCUT2D eigenvalue weighted by Gasteiger charge is -2.37. The van der Waals surface area contributed by atoms with Crippen LogP contribution in [0.5, 0.6) is 5.75 Å². The number of methoxy groups -OCH3 is 1. The van der Waals surface area contributed by atoms with Gasteiger partial charge in [0.15, 0.2) is 0 Å². The molecule has 0 spiro atoms. The number of rotatable bonds is 6. The molecular formula is C28H26ClFN2O2. The highest BCUT2D eigenvalue weighted by molar-refractivity contribution is 6.32. The summed E-state index contributed by atoms with van der Waals surface area (Å²) < 4.78 is 19.4. The van der Waals surface area contributed by atoms with Gasteiger partial charge in [-0.15, -0.1) is 0 Å². The van der Waals surface area contributed by atoms with Crippen LogP contribution in [0, 0.1) is 5.82 Å². The third-order valence-electron chi connectivity index (χ3n) is 6.86. The molecule has 5 rings (SSSR count). The molecule has 34 heavy (non-hydrogen) atoms. The van der Waals surface area contributed by atoms with Crippen LogP contribution in [-0.2, 0) is 16.6 Å². The van der Waals surface area contributed by atoms with Crippen LogP contribution in [0.1, 0.15) is 28.7 Å². The van der Waals surface area contributed by atoms with Crippen LogP contribution in [0.25, 0.3) is 5.57 Å². The molecule has 0 amide bonds. The number of hydrogen-bond donors (Lipinski definition) is 2. The average molecular weight is 477 g/mol. The zero-order valence-corrected chi connectivity index (χ0v) is 19.7. The molecule has 0 aromatic heterocycles. The third-order valence-corrected chi connectivity index (χ3v) is 7.17. The van der Waals surface area contributed by atoms with Gasteiger partial charge in [-0.05, 0) is 83.6 Å². The number of aldehydes is 1. The number of carbonyl (C=O) groups is 1. The number of fused-ring (bicyclic) bond motifs is 1. The van der Waals surface area contributed by atoms with Crippen molar-refractivity contribution in [1.82, 2.24) is 5.32 Å². The van der Waals surface area contributed by atoms with Gasteiger partial charge in [0, 0.05) is 18.3 Å². The molecule has 6 heteroatoms. The maximum atomic E-state index is 13.9. The normalized spacial score (nSPS) is 21.5. The predicted octanol–water partition coefficient (Wildman–Crippen LogP) is 5.39. The van der Waals surface area contributed by atoms with Gasteiger partial charge >= 0.3 is 0 Å². The maximum Gasteiger partial charge on any atom is 0.139 e. The van der Waals surface area contributed by atoms with Crippen molar-refractivity contribution in [3.8, 4) is 5.75 Å². The fourth-order valence-electron chi connectivity index (χ4n) is 5.12. The molecule has 2 N–H and O–H groups in total. The van der Waals surface area contributed by atoms with E-state index in [1.54, 1.807) is 13.2 Å². The molecule has 0 saturated carbocycles. The van der Waals surface area contributed by atoms with Gasteiger partial charge in [0.1, 0.15) is 23.3 Å². The van der Waals surface area contributed by atoms with Crippen LogP contribution in [0.2, 0.25) is 5.02 Å². The Morgan fingerprint density at radius 3 is 2.65 bits per heavy atom. The van der Waals surface area contributed by atoms with Gasteiger partial charge in [0.05, 0.1) is 12.1 Å². The summed E-state index contributed by atoms with van der Waals surface area (Å²) in [4.78, 5) is 13.1. The fourth-order valence-corrected chi connectivity index (χ4v) is 5.39. The van der Waals surface area contributed by atoms with Crippen molar-refractivity contribution in [2.24, 2.45) is 0 Å². The van der Waals surface area contributed by atoms with Crippen LogP contribution in [-0.4, -0.2) is 32.5 Å². The summed E-state index contributed by atoms with van der Waals surface area (Å²) in [5.74, 6) is 0.254. The molecule has 174 valence electrons. The lowest BCUT2D eigenvalue weighted by atomic mass is 9.64. The van der Waals surface area contributed by atoms with E-state index < -0.39 is 11.2 Å². The van der Waals surface area contributed by atoms with Crippen LogP contribution in [0.4, 0.5) is 10.1 Å². The number of carbonyl (C=O) groups excluding carboxylic acids is 1. The minimum atomic E-state index is -1.11. The van der Waals surface area contributed by atoms with Gasteiger partial charge < -0.3 is 20.2 Å². The quantitative estimate of drug-likeness (QED) is 0.468. The molecule has 1 heterocycles. The number of ether oxygens (including phenoxy) is 1. The first-order chi connectivity index (χ1) is 16.5. The highest BCUT2D eigenvalue weighted by Gasteiger charge is 2.43. The van der Waals surface area contributed by atoms with Gasteiger partial charge in [-0.3, -0.25) is 0 Å². The van der Waals surface area contributed by atoms with Crippen molar-refractivity contribution in [3.63, 3.8) is 0 Å². The average Bonchev–Trinajstić information content (AvgIpc) is 3.37. The number of hydrogen-bond acceptors (Lipinski definition) is 4. The Hall–Kier alpha value is -3.15. The topological polar surface area (TPSA) is 50.4 Å². The number of anilines is 1. The van der Waals surface area contributed by atoms with E-state index in [4.69, 9.17) is 16.3 Å². The Morgan fingerprint density at radius 2 is 1.97 bits per heavy atom. The van der Waals surface area contributed by atoms with Gasteiger partial charge in [-0.2, -0.15) is 0 Å². The number of allylic oxidation sites excluding steroid dienone is 2. The van der Waals surface area contributed by atoms with Crippen molar-refractivity contribution in [2.45, 2.75) is 24.3 Å². The van der Waals surface area contributed by atoms with E-state index in [0.29, 0.717) is 23.8 Å². The molecule has 2 aliphatic rings. The van der Waals surface area contributed by atoms with E-state index in [-0.39, 0.29) is 5.02 Å². The molecule has 2 atom stereocenters. The van der Waals surface area contributed by atoms with Gasteiger partial charge in [-0.25, -0.2) is 4.39 Å². The molecule has 1 aliphatic heterocycles. The van der Waals surface area contributed by atoms with Crippen molar-refractivity contribution in [1.29, 1.82) is 0 Å². The fraction of sp³-hybridized carbons (Fsp3) is 0.250. The van der Waals surface area contributed by atoms with E-state index in [2.05, 4.69) is 10.6 Å². The molecule has 1 fully saturated rings. The monoisotopic (exact) mass is 476 g/mol. The summed E-state index contributed by atoms with van der Waals surface area (Å²) in [6.07, 6.45) is 4.70. The molecule has 1 aliphatic carbocycles.